The quantitative estimate of drug-likeness (QED) is 0.445. The Kier molecular flexibility index (Phi) is 6.56. The molecule has 1 heterocycles. The van der Waals surface area contributed by atoms with Gasteiger partial charge in [0.15, 0.2) is 5.11 Å². The first-order valence-corrected chi connectivity index (χ1v) is 9.34. The molecule has 0 bridgehead atoms. The molecule has 2 aromatic rings. The van der Waals surface area contributed by atoms with Crippen molar-refractivity contribution in [1.82, 2.24) is 4.90 Å². The zero-order valence-electron chi connectivity index (χ0n) is 15.0. The maximum Gasteiger partial charge on any atom is 0.269 e. The van der Waals surface area contributed by atoms with E-state index in [1.165, 1.54) is 17.0 Å². The molecule has 0 unspecified atom stereocenters. The molecule has 0 amide bonds. The second-order valence-corrected chi connectivity index (χ2v) is 6.77. The summed E-state index contributed by atoms with van der Waals surface area (Å²) in [4.78, 5) is 13.9. The Morgan fingerprint density at radius 3 is 2.44 bits per heavy atom. The molecule has 1 fully saturated rings. The molecule has 3 rings (SSSR count). The number of para-hydroxylation sites is 1. The lowest BCUT2D eigenvalue weighted by atomic mass is 10.3. The minimum absolute atomic E-state index is 0.0707. The number of hydrogen-bond donors (Lipinski definition) is 2. The summed E-state index contributed by atoms with van der Waals surface area (Å²) in [5.41, 5.74) is 0.832. The number of rotatable bonds is 6. The predicted octanol–water partition coefficient (Wildman–Crippen LogP) is 1.57. The second kappa shape index (κ2) is 9.29. The average molecular weight is 387 g/mol. The summed E-state index contributed by atoms with van der Waals surface area (Å²) < 4.78 is 5.77. The van der Waals surface area contributed by atoms with Gasteiger partial charge in [-0.2, -0.15) is 0 Å². The fraction of sp³-hybridized carbons (Fsp3) is 0.316. The Hall–Kier alpha value is -2.71. The van der Waals surface area contributed by atoms with Gasteiger partial charge in [0.1, 0.15) is 18.9 Å². The molecular formula is C19H23N4O3S+. The van der Waals surface area contributed by atoms with Crippen molar-refractivity contribution >= 4 is 28.7 Å². The van der Waals surface area contributed by atoms with Crippen LogP contribution in [0.2, 0.25) is 0 Å². The van der Waals surface area contributed by atoms with E-state index in [9.17, 15) is 10.1 Å². The molecule has 27 heavy (non-hydrogen) atoms. The van der Waals surface area contributed by atoms with Crippen molar-refractivity contribution in [3.63, 3.8) is 0 Å². The van der Waals surface area contributed by atoms with Gasteiger partial charge in [-0.15, -0.1) is 0 Å². The van der Waals surface area contributed by atoms with Gasteiger partial charge in [0.2, 0.25) is 0 Å². The summed E-state index contributed by atoms with van der Waals surface area (Å²) in [7, 11) is 0. The third-order valence-corrected chi connectivity index (χ3v) is 4.91. The summed E-state index contributed by atoms with van der Waals surface area (Å²) in [6, 6.07) is 16.1. The Labute approximate surface area is 163 Å². The first kappa shape index (κ1) is 19.1. The van der Waals surface area contributed by atoms with Crippen LogP contribution in [0.1, 0.15) is 0 Å². The Balaban J connectivity index is 1.39. The number of piperazine rings is 1. The number of nitrogens with zero attached hydrogens (tertiary/aromatic N) is 2. The smallest absolute Gasteiger partial charge is 0.269 e. The van der Waals surface area contributed by atoms with E-state index in [1.54, 1.807) is 12.1 Å². The molecular weight excluding hydrogens is 364 g/mol. The molecule has 142 valence electrons. The number of hydrogen-bond acceptors (Lipinski definition) is 4. The van der Waals surface area contributed by atoms with Crippen molar-refractivity contribution in [2.24, 2.45) is 0 Å². The summed E-state index contributed by atoms with van der Waals surface area (Å²) >= 11 is 5.48. The fourth-order valence-corrected chi connectivity index (χ4v) is 3.28. The highest BCUT2D eigenvalue weighted by atomic mass is 32.1. The van der Waals surface area contributed by atoms with Crippen LogP contribution in [-0.4, -0.2) is 54.3 Å². The van der Waals surface area contributed by atoms with Gasteiger partial charge >= 0.3 is 0 Å². The van der Waals surface area contributed by atoms with Gasteiger partial charge in [-0.05, 0) is 36.5 Å². The van der Waals surface area contributed by atoms with Crippen LogP contribution >= 0.6 is 12.2 Å². The largest absolute Gasteiger partial charge is 0.488 e. The van der Waals surface area contributed by atoms with Crippen LogP contribution in [0.5, 0.6) is 5.75 Å². The number of nitro groups is 1. The van der Waals surface area contributed by atoms with Gasteiger partial charge in [0.25, 0.3) is 5.69 Å². The lowest BCUT2D eigenvalue weighted by Gasteiger charge is -2.33. The highest BCUT2D eigenvalue weighted by Crippen LogP contribution is 2.16. The van der Waals surface area contributed by atoms with Gasteiger partial charge in [-0.1, -0.05) is 18.2 Å². The second-order valence-electron chi connectivity index (χ2n) is 6.38. The third kappa shape index (κ3) is 5.63. The molecule has 8 heteroatoms. The summed E-state index contributed by atoms with van der Waals surface area (Å²) in [5, 5.41) is 14.5. The fourth-order valence-electron chi connectivity index (χ4n) is 2.97. The van der Waals surface area contributed by atoms with Crippen molar-refractivity contribution in [3.8, 4) is 5.75 Å². The molecule has 0 aliphatic carbocycles. The van der Waals surface area contributed by atoms with Crippen LogP contribution in [0, 0.1) is 10.1 Å². The standard InChI is InChI=1S/C19H22N4O3S/c24-23(25)17-8-6-16(7-9-17)20-19(27)22-12-10-21(11-13-22)14-15-26-18-4-2-1-3-5-18/h1-9H,10-15H2,(H,20,27)/p+1. The highest BCUT2D eigenvalue weighted by Gasteiger charge is 2.21. The zero-order chi connectivity index (χ0) is 19.1. The van der Waals surface area contributed by atoms with Gasteiger partial charge in [-0.3, -0.25) is 10.1 Å². The summed E-state index contributed by atoms with van der Waals surface area (Å²) in [6.07, 6.45) is 0. The van der Waals surface area contributed by atoms with E-state index < -0.39 is 4.92 Å². The topological polar surface area (TPSA) is 72.1 Å². The number of nitro benzene ring substituents is 1. The van der Waals surface area contributed by atoms with Crippen LogP contribution in [0.4, 0.5) is 11.4 Å². The van der Waals surface area contributed by atoms with E-state index in [0.717, 1.165) is 44.2 Å². The van der Waals surface area contributed by atoms with Crippen LogP contribution in [0.25, 0.3) is 0 Å². The van der Waals surface area contributed by atoms with Gasteiger partial charge in [0, 0.05) is 17.8 Å². The van der Waals surface area contributed by atoms with Crippen molar-refractivity contribution in [2.45, 2.75) is 0 Å². The first-order chi connectivity index (χ1) is 13.1. The molecule has 1 aliphatic heterocycles. The predicted molar refractivity (Wildman–Crippen MR) is 108 cm³/mol. The lowest BCUT2D eigenvalue weighted by molar-refractivity contribution is -0.903. The van der Waals surface area contributed by atoms with E-state index in [0.29, 0.717) is 11.7 Å². The molecule has 0 saturated carbocycles. The molecule has 0 atom stereocenters. The Morgan fingerprint density at radius 2 is 1.81 bits per heavy atom. The minimum Gasteiger partial charge on any atom is -0.488 e. The van der Waals surface area contributed by atoms with Crippen LogP contribution < -0.4 is 15.0 Å². The van der Waals surface area contributed by atoms with E-state index in [4.69, 9.17) is 17.0 Å². The zero-order valence-corrected chi connectivity index (χ0v) is 15.8. The molecule has 0 aromatic heterocycles. The molecule has 2 aromatic carbocycles. The molecule has 2 N–H and O–H groups in total. The number of ether oxygens (including phenoxy) is 1. The van der Waals surface area contributed by atoms with Crippen molar-refractivity contribution in [3.05, 3.63) is 64.7 Å². The maximum absolute atomic E-state index is 10.7. The third-order valence-electron chi connectivity index (χ3n) is 4.55. The Morgan fingerprint density at radius 1 is 1.15 bits per heavy atom. The van der Waals surface area contributed by atoms with E-state index in [1.807, 2.05) is 30.3 Å². The molecule has 0 radical (unpaired) electrons. The van der Waals surface area contributed by atoms with Crippen molar-refractivity contribution in [2.75, 3.05) is 44.6 Å². The highest BCUT2D eigenvalue weighted by molar-refractivity contribution is 7.80. The van der Waals surface area contributed by atoms with E-state index in [-0.39, 0.29) is 5.69 Å². The van der Waals surface area contributed by atoms with Crippen molar-refractivity contribution in [1.29, 1.82) is 0 Å². The van der Waals surface area contributed by atoms with E-state index >= 15 is 0 Å². The number of thiocarbonyl (C=S) groups is 1. The van der Waals surface area contributed by atoms with Crippen LogP contribution in [-0.2, 0) is 0 Å². The molecule has 7 nitrogen and oxygen atoms in total. The van der Waals surface area contributed by atoms with Crippen molar-refractivity contribution < 1.29 is 14.6 Å². The molecule has 0 spiro atoms. The van der Waals surface area contributed by atoms with Crippen LogP contribution in [0.3, 0.4) is 0 Å². The lowest BCUT2D eigenvalue weighted by Crippen LogP contribution is -3.15. The first-order valence-electron chi connectivity index (χ1n) is 8.93. The number of nitrogens with one attached hydrogen (secondary N) is 2. The summed E-state index contributed by atoms with van der Waals surface area (Å²) in [6.45, 7) is 5.41. The van der Waals surface area contributed by atoms with Gasteiger partial charge in [-0.25, -0.2) is 0 Å². The van der Waals surface area contributed by atoms with Gasteiger partial charge in [0.05, 0.1) is 31.1 Å². The molecule has 1 saturated heterocycles. The summed E-state index contributed by atoms with van der Waals surface area (Å²) in [5.74, 6) is 0.906. The maximum atomic E-state index is 10.7. The average Bonchev–Trinajstić information content (AvgIpc) is 2.70. The van der Waals surface area contributed by atoms with Crippen LogP contribution in [0.15, 0.2) is 54.6 Å². The number of anilines is 1. The minimum atomic E-state index is -0.411. The number of benzene rings is 2. The van der Waals surface area contributed by atoms with Gasteiger partial charge < -0.3 is 19.9 Å². The van der Waals surface area contributed by atoms with E-state index in [2.05, 4.69) is 10.2 Å². The number of non-ortho nitro benzene ring substituents is 1. The number of quaternary nitrogens is 1. The SMILES string of the molecule is O=[N+]([O-])c1ccc(NC(=S)N2CC[NH+](CCOc3ccccc3)CC2)cc1. The normalized spacial score (nSPS) is 14.6. The monoisotopic (exact) mass is 387 g/mol. The molecule has 1 aliphatic rings. The Bertz CT molecular complexity index is 762.